The fourth-order valence-corrected chi connectivity index (χ4v) is 3.23. The SMILES string of the molecule is CC1(C)CCN(Cc2nc(C3CCCC3)no2)C1. The Hall–Kier alpha value is -0.900. The molecule has 100 valence electrons. The molecule has 0 amide bonds. The van der Waals surface area contributed by atoms with E-state index in [-0.39, 0.29) is 0 Å². The van der Waals surface area contributed by atoms with Crippen molar-refractivity contribution in [3.05, 3.63) is 11.7 Å². The van der Waals surface area contributed by atoms with Crippen molar-refractivity contribution in [2.75, 3.05) is 13.1 Å². The van der Waals surface area contributed by atoms with Gasteiger partial charge in [0.25, 0.3) is 0 Å². The van der Waals surface area contributed by atoms with Crippen LogP contribution in [0.5, 0.6) is 0 Å². The molecule has 18 heavy (non-hydrogen) atoms. The highest BCUT2D eigenvalue weighted by Crippen LogP contribution is 2.33. The van der Waals surface area contributed by atoms with Gasteiger partial charge in [-0.1, -0.05) is 31.8 Å². The standard InChI is InChI=1S/C14H23N3O/c1-14(2)7-8-17(10-14)9-12-15-13(16-18-12)11-5-3-4-6-11/h11H,3-10H2,1-2H3. The maximum atomic E-state index is 5.40. The summed E-state index contributed by atoms with van der Waals surface area (Å²) in [5.74, 6) is 2.30. The molecule has 0 aromatic carbocycles. The Labute approximate surface area is 109 Å². The van der Waals surface area contributed by atoms with Gasteiger partial charge >= 0.3 is 0 Å². The van der Waals surface area contributed by atoms with E-state index in [1.807, 2.05) is 0 Å². The molecule has 1 aromatic heterocycles. The van der Waals surface area contributed by atoms with Gasteiger partial charge < -0.3 is 4.52 Å². The van der Waals surface area contributed by atoms with Crippen molar-refractivity contribution in [1.29, 1.82) is 0 Å². The van der Waals surface area contributed by atoms with E-state index in [0.717, 1.165) is 31.3 Å². The lowest BCUT2D eigenvalue weighted by atomic mass is 9.93. The van der Waals surface area contributed by atoms with Crippen molar-refractivity contribution in [1.82, 2.24) is 15.0 Å². The van der Waals surface area contributed by atoms with Crippen LogP contribution in [0.15, 0.2) is 4.52 Å². The molecule has 0 atom stereocenters. The smallest absolute Gasteiger partial charge is 0.240 e. The first-order valence-corrected chi connectivity index (χ1v) is 7.17. The van der Waals surface area contributed by atoms with Crippen molar-refractivity contribution in [3.8, 4) is 0 Å². The lowest BCUT2D eigenvalue weighted by Gasteiger charge is -2.17. The minimum absolute atomic E-state index is 0.439. The molecule has 4 nitrogen and oxygen atoms in total. The van der Waals surface area contributed by atoms with Crippen LogP contribution in [0.1, 0.15) is 63.6 Å². The summed E-state index contributed by atoms with van der Waals surface area (Å²) in [7, 11) is 0. The quantitative estimate of drug-likeness (QED) is 0.826. The Morgan fingerprint density at radius 2 is 2.11 bits per heavy atom. The average Bonchev–Trinajstić information content (AvgIpc) is 2.99. The lowest BCUT2D eigenvalue weighted by molar-refractivity contribution is 0.243. The predicted octanol–water partition coefficient (Wildman–Crippen LogP) is 2.96. The molecular formula is C14H23N3O. The normalized spacial score (nSPS) is 25.0. The van der Waals surface area contributed by atoms with Crippen LogP contribution < -0.4 is 0 Å². The highest BCUT2D eigenvalue weighted by atomic mass is 16.5. The molecule has 1 saturated heterocycles. The largest absolute Gasteiger partial charge is 0.338 e. The minimum Gasteiger partial charge on any atom is -0.338 e. The summed E-state index contributed by atoms with van der Waals surface area (Å²) in [5.41, 5.74) is 0.439. The first-order valence-electron chi connectivity index (χ1n) is 7.17. The summed E-state index contributed by atoms with van der Waals surface area (Å²) >= 11 is 0. The van der Waals surface area contributed by atoms with Crippen LogP contribution in [0.25, 0.3) is 0 Å². The molecule has 0 bridgehead atoms. The first kappa shape index (κ1) is 12.2. The van der Waals surface area contributed by atoms with E-state index in [4.69, 9.17) is 4.52 Å². The van der Waals surface area contributed by atoms with E-state index < -0.39 is 0 Å². The van der Waals surface area contributed by atoms with Crippen molar-refractivity contribution in [3.63, 3.8) is 0 Å². The Balaban J connectivity index is 1.60. The molecular weight excluding hydrogens is 226 g/mol. The van der Waals surface area contributed by atoms with Gasteiger partial charge in [-0.05, 0) is 31.2 Å². The zero-order valence-electron chi connectivity index (χ0n) is 11.5. The lowest BCUT2D eigenvalue weighted by Crippen LogP contribution is -2.23. The summed E-state index contributed by atoms with van der Waals surface area (Å²) in [6.07, 6.45) is 6.35. The molecule has 0 unspecified atom stereocenters. The monoisotopic (exact) mass is 249 g/mol. The third kappa shape index (κ3) is 2.58. The van der Waals surface area contributed by atoms with E-state index >= 15 is 0 Å². The van der Waals surface area contributed by atoms with Crippen LogP contribution in [0.3, 0.4) is 0 Å². The summed E-state index contributed by atoms with van der Waals surface area (Å²) in [5, 5.41) is 4.16. The van der Waals surface area contributed by atoms with E-state index in [9.17, 15) is 0 Å². The number of nitrogens with zero attached hydrogens (tertiary/aromatic N) is 3. The molecule has 0 spiro atoms. The molecule has 1 saturated carbocycles. The minimum atomic E-state index is 0.439. The van der Waals surface area contributed by atoms with Gasteiger partial charge in [-0.15, -0.1) is 0 Å². The Kier molecular flexibility index (Phi) is 3.14. The molecule has 3 rings (SSSR count). The van der Waals surface area contributed by atoms with Crippen LogP contribution in [0, 0.1) is 5.41 Å². The Morgan fingerprint density at radius 1 is 1.33 bits per heavy atom. The summed E-state index contributed by atoms with van der Waals surface area (Å²) < 4.78 is 5.40. The van der Waals surface area contributed by atoms with E-state index in [0.29, 0.717) is 11.3 Å². The second-order valence-electron chi connectivity index (χ2n) is 6.65. The topological polar surface area (TPSA) is 42.2 Å². The average molecular weight is 249 g/mol. The fourth-order valence-electron chi connectivity index (χ4n) is 3.23. The van der Waals surface area contributed by atoms with Gasteiger partial charge in [-0.3, -0.25) is 4.90 Å². The highest BCUT2D eigenvalue weighted by molar-refractivity contribution is 4.98. The predicted molar refractivity (Wildman–Crippen MR) is 69.2 cm³/mol. The van der Waals surface area contributed by atoms with Crippen LogP contribution in [0.2, 0.25) is 0 Å². The second kappa shape index (κ2) is 4.65. The van der Waals surface area contributed by atoms with Crippen molar-refractivity contribution < 1.29 is 4.52 Å². The van der Waals surface area contributed by atoms with Gasteiger partial charge in [0.15, 0.2) is 5.82 Å². The van der Waals surface area contributed by atoms with Crippen molar-refractivity contribution in [2.45, 2.75) is 58.4 Å². The van der Waals surface area contributed by atoms with Gasteiger partial charge in [0.05, 0.1) is 6.54 Å². The second-order valence-corrected chi connectivity index (χ2v) is 6.65. The number of aromatic nitrogens is 2. The van der Waals surface area contributed by atoms with Gasteiger partial charge in [-0.2, -0.15) is 4.98 Å². The Morgan fingerprint density at radius 3 is 2.78 bits per heavy atom. The molecule has 2 aliphatic rings. The van der Waals surface area contributed by atoms with Crippen LogP contribution in [-0.2, 0) is 6.54 Å². The first-order chi connectivity index (χ1) is 8.62. The Bertz CT molecular complexity index is 407. The van der Waals surface area contributed by atoms with Gasteiger partial charge in [0.1, 0.15) is 0 Å². The third-order valence-corrected chi connectivity index (χ3v) is 4.32. The van der Waals surface area contributed by atoms with Crippen LogP contribution in [-0.4, -0.2) is 28.1 Å². The number of hydrogen-bond donors (Lipinski definition) is 0. The van der Waals surface area contributed by atoms with Crippen LogP contribution in [0.4, 0.5) is 0 Å². The summed E-state index contributed by atoms with van der Waals surface area (Å²) in [6.45, 7) is 7.75. The molecule has 2 heterocycles. The molecule has 0 N–H and O–H groups in total. The maximum absolute atomic E-state index is 5.40. The van der Waals surface area contributed by atoms with Gasteiger partial charge in [-0.25, -0.2) is 0 Å². The van der Waals surface area contributed by atoms with Gasteiger partial charge in [0.2, 0.25) is 5.89 Å². The summed E-state index contributed by atoms with van der Waals surface area (Å²) in [4.78, 5) is 7.01. The maximum Gasteiger partial charge on any atom is 0.240 e. The van der Waals surface area contributed by atoms with Gasteiger partial charge in [0, 0.05) is 12.5 Å². The van der Waals surface area contributed by atoms with E-state index in [1.54, 1.807) is 0 Å². The molecule has 2 fully saturated rings. The van der Waals surface area contributed by atoms with E-state index in [1.165, 1.54) is 32.1 Å². The molecule has 1 aromatic rings. The zero-order chi connectivity index (χ0) is 12.6. The molecule has 4 heteroatoms. The van der Waals surface area contributed by atoms with E-state index in [2.05, 4.69) is 28.9 Å². The molecule has 0 radical (unpaired) electrons. The highest BCUT2D eigenvalue weighted by Gasteiger charge is 2.30. The third-order valence-electron chi connectivity index (χ3n) is 4.32. The van der Waals surface area contributed by atoms with Crippen molar-refractivity contribution >= 4 is 0 Å². The molecule has 1 aliphatic carbocycles. The number of hydrogen-bond acceptors (Lipinski definition) is 4. The summed E-state index contributed by atoms with van der Waals surface area (Å²) in [6, 6.07) is 0. The number of rotatable bonds is 3. The zero-order valence-corrected chi connectivity index (χ0v) is 11.5. The van der Waals surface area contributed by atoms with Crippen molar-refractivity contribution in [2.24, 2.45) is 5.41 Å². The van der Waals surface area contributed by atoms with Crippen LogP contribution >= 0.6 is 0 Å². The fraction of sp³-hybridized carbons (Fsp3) is 0.857. The molecule has 1 aliphatic heterocycles. The number of likely N-dealkylation sites (tertiary alicyclic amines) is 1.